The molecule has 0 bridgehead atoms. The molecule has 12 heavy (non-hydrogen) atoms. The SMILES string of the molecule is C/C=C/C(=O)NC1CC(OC)C1. The molecule has 0 radical (unpaired) electrons. The Hall–Kier alpha value is -0.830. The highest BCUT2D eigenvalue weighted by atomic mass is 16.5. The van der Waals surface area contributed by atoms with Gasteiger partial charge in [-0.1, -0.05) is 6.08 Å². The van der Waals surface area contributed by atoms with Crippen LogP contribution in [0.25, 0.3) is 0 Å². The number of rotatable bonds is 3. The fraction of sp³-hybridized carbons (Fsp3) is 0.667. The van der Waals surface area contributed by atoms with Crippen molar-refractivity contribution in [3.05, 3.63) is 12.2 Å². The van der Waals surface area contributed by atoms with Crippen molar-refractivity contribution in [2.45, 2.75) is 31.9 Å². The molecule has 1 fully saturated rings. The topological polar surface area (TPSA) is 38.3 Å². The molecule has 1 saturated carbocycles. The summed E-state index contributed by atoms with van der Waals surface area (Å²) in [5.41, 5.74) is 0. The van der Waals surface area contributed by atoms with Gasteiger partial charge < -0.3 is 10.1 Å². The van der Waals surface area contributed by atoms with Gasteiger partial charge in [-0.3, -0.25) is 4.79 Å². The van der Waals surface area contributed by atoms with Crippen molar-refractivity contribution in [2.24, 2.45) is 0 Å². The summed E-state index contributed by atoms with van der Waals surface area (Å²) in [4.78, 5) is 11.0. The molecule has 3 nitrogen and oxygen atoms in total. The average Bonchev–Trinajstić information content (AvgIpc) is 1.96. The van der Waals surface area contributed by atoms with Crippen molar-refractivity contribution in [2.75, 3.05) is 7.11 Å². The number of ether oxygens (including phenoxy) is 1. The van der Waals surface area contributed by atoms with Crippen LogP contribution in [0.15, 0.2) is 12.2 Å². The minimum atomic E-state index is -0.00273. The largest absolute Gasteiger partial charge is 0.381 e. The number of hydrogen-bond acceptors (Lipinski definition) is 2. The molecular formula is C9H15NO2. The number of allylic oxidation sites excluding steroid dienone is 1. The summed E-state index contributed by atoms with van der Waals surface area (Å²) in [6, 6.07) is 0.318. The first-order valence-electron chi connectivity index (χ1n) is 4.22. The highest BCUT2D eigenvalue weighted by Gasteiger charge is 2.29. The summed E-state index contributed by atoms with van der Waals surface area (Å²) in [5, 5.41) is 2.88. The minimum Gasteiger partial charge on any atom is -0.381 e. The fourth-order valence-electron chi connectivity index (χ4n) is 1.28. The van der Waals surface area contributed by atoms with Gasteiger partial charge in [0.2, 0.25) is 5.91 Å². The molecule has 0 unspecified atom stereocenters. The van der Waals surface area contributed by atoms with E-state index >= 15 is 0 Å². The zero-order valence-corrected chi connectivity index (χ0v) is 7.54. The van der Waals surface area contributed by atoms with Crippen LogP contribution in [0.1, 0.15) is 19.8 Å². The first-order chi connectivity index (χ1) is 5.76. The van der Waals surface area contributed by atoms with E-state index in [2.05, 4.69) is 5.32 Å². The van der Waals surface area contributed by atoms with E-state index < -0.39 is 0 Å². The van der Waals surface area contributed by atoms with Gasteiger partial charge >= 0.3 is 0 Å². The molecule has 3 heteroatoms. The van der Waals surface area contributed by atoms with Gasteiger partial charge in [0.25, 0.3) is 0 Å². The Kier molecular flexibility index (Phi) is 3.29. The van der Waals surface area contributed by atoms with Crippen LogP contribution in [0.5, 0.6) is 0 Å². The third-order valence-corrected chi connectivity index (χ3v) is 2.09. The van der Waals surface area contributed by atoms with Crippen molar-refractivity contribution in [1.29, 1.82) is 0 Å². The van der Waals surface area contributed by atoms with E-state index in [9.17, 15) is 4.79 Å². The molecule has 0 heterocycles. The van der Waals surface area contributed by atoms with Gasteiger partial charge in [0.1, 0.15) is 0 Å². The second kappa shape index (κ2) is 4.26. The van der Waals surface area contributed by atoms with E-state index in [1.807, 2.05) is 6.92 Å². The Morgan fingerprint density at radius 1 is 1.58 bits per heavy atom. The van der Waals surface area contributed by atoms with E-state index in [0.29, 0.717) is 12.1 Å². The molecule has 1 amide bonds. The standard InChI is InChI=1S/C9H15NO2/c1-3-4-9(11)10-7-5-8(6-7)12-2/h3-4,7-8H,5-6H2,1-2H3,(H,10,11)/b4-3+. The van der Waals surface area contributed by atoms with Crippen LogP contribution in [0, 0.1) is 0 Å². The summed E-state index contributed by atoms with van der Waals surface area (Å²) < 4.78 is 5.09. The van der Waals surface area contributed by atoms with Gasteiger partial charge in [-0.2, -0.15) is 0 Å². The van der Waals surface area contributed by atoms with E-state index in [-0.39, 0.29) is 5.91 Å². The predicted octanol–water partition coefficient (Wildman–Crippen LogP) is 0.856. The third-order valence-electron chi connectivity index (χ3n) is 2.09. The molecule has 1 aliphatic carbocycles. The Morgan fingerprint density at radius 2 is 2.25 bits per heavy atom. The number of amides is 1. The number of carbonyl (C=O) groups excluding carboxylic acids is 1. The van der Waals surface area contributed by atoms with Gasteiger partial charge in [0, 0.05) is 13.2 Å². The molecule has 0 aromatic heterocycles. The van der Waals surface area contributed by atoms with Crippen LogP contribution < -0.4 is 5.32 Å². The van der Waals surface area contributed by atoms with Gasteiger partial charge in [-0.05, 0) is 25.8 Å². The predicted molar refractivity (Wildman–Crippen MR) is 46.8 cm³/mol. The van der Waals surface area contributed by atoms with Crippen LogP contribution in [-0.2, 0) is 9.53 Å². The summed E-state index contributed by atoms with van der Waals surface area (Å²) in [7, 11) is 1.70. The number of carbonyl (C=O) groups is 1. The van der Waals surface area contributed by atoms with Crippen molar-refractivity contribution in [3.63, 3.8) is 0 Å². The maximum absolute atomic E-state index is 11.0. The molecule has 0 saturated heterocycles. The Bertz CT molecular complexity index is 183. The number of methoxy groups -OCH3 is 1. The van der Waals surface area contributed by atoms with Gasteiger partial charge in [0.05, 0.1) is 6.10 Å². The first kappa shape index (κ1) is 9.26. The zero-order chi connectivity index (χ0) is 8.97. The quantitative estimate of drug-likeness (QED) is 0.636. The molecule has 1 N–H and O–H groups in total. The Labute approximate surface area is 72.8 Å². The summed E-state index contributed by atoms with van der Waals surface area (Å²) in [6.45, 7) is 1.83. The molecule has 1 rings (SSSR count). The normalized spacial score (nSPS) is 28.5. The fourth-order valence-corrected chi connectivity index (χ4v) is 1.28. The minimum absolute atomic E-state index is 0.00273. The molecule has 0 spiro atoms. The highest BCUT2D eigenvalue weighted by molar-refractivity contribution is 5.87. The maximum atomic E-state index is 11.0. The second-order valence-electron chi connectivity index (χ2n) is 3.03. The third kappa shape index (κ3) is 2.34. The van der Waals surface area contributed by atoms with Crippen LogP contribution in [0.2, 0.25) is 0 Å². The number of nitrogens with one attached hydrogen (secondary N) is 1. The second-order valence-corrected chi connectivity index (χ2v) is 3.03. The summed E-state index contributed by atoms with van der Waals surface area (Å²) >= 11 is 0. The molecule has 0 aromatic carbocycles. The summed E-state index contributed by atoms with van der Waals surface area (Å²) in [5.74, 6) is -0.00273. The van der Waals surface area contributed by atoms with E-state index in [0.717, 1.165) is 12.8 Å². The molecule has 0 aromatic rings. The van der Waals surface area contributed by atoms with E-state index in [1.165, 1.54) is 0 Å². The monoisotopic (exact) mass is 169 g/mol. The maximum Gasteiger partial charge on any atom is 0.243 e. The molecule has 68 valence electrons. The van der Waals surface area contributed by atoms with Gasteiger partial charge in [-0.25, -0.2) is 0 Å². The lowest BCUT2D eigenvalue weighted by atomic mass is 9.89. The Morgan fingerprint density at radius 3 is 2.75 bits per heavy atom. The molecular weight excluding hydrogens is 154 g/mol. The van der Waals surface area contributed by atoms with Crippen molar-refractivity contribution in [1.82, 2.24) is 5.32 Å². The van der Waals surface area contributed by atoms with Crippen LogP contribution in [-0.4, -0.2) is 25.2 Å². The highest BCUT2D eigenvalue weighted by Crippen LogP contribution is 2.22. The van der Waals surface area contributed by atoms with Crippen LogP contribution >= 0.6 is 0 Å². The lowest BCUT2D eigenvalue weighted by molar-refractivity contribution is -0.118. The summed E-state index contributed by atoms with van der Waals surface area (Å²) in [6.07, 6.45) is 5.52. The van der Waals surface area contributed by atoms with E-state index in [4.69, 9.17) is 4.74 Å². The Balaban J connectivity index is 2.14. The smallest absolute Gasteiger partial charge is 0.243 e. The van der Waals surface area contributed by atoms with Crippen molar-refractivity contribution >= 4 is 5.91 Å². The van der Waals surface area contributed by atoms with Crippen LogP contribution in [0.4, 0.5) is 0 Å². The number of hydrogen-bond donors (Lipinski definition) is 1. The first-order valence-corrected chi connectivity index (χ1v) is 4.22. The average molecular weight is 169 g/mol. The van der Waals surface area contributed by atoms with Crippen LogP contribution in [0.3, 0.4) is 0 Å². The van der Waals surface area contributed by atoms with Crippen molar-refractivity contribution in [3.8, 4) is 0 Å². The lowest BCUT2D eigenvalue weighted by Gasteiger charge is -2.34. The zero-order valence-electron chi connectivity index (χ0n) is 7.54. The van der Waals surface area contributed by atoms with Crippen molar-refractivity contribution < 1.29 is 9.53 Å². The molecule has 0 aliphatic heterocycles. The lowest BCUT2D eigenvalue weighted by Crippen LogP contribution is -2.46. The van der Waals surface area contributed by atoms with E-state index in [1.54, 1.807) is 19.3 Å². The molecule has 0 atom stereocenters. The van der Waals surface area contributed by atoms with Gasteiger partial charge in [-0.15, -0.1) is 0 Å². The molecule has 1 aliphatic rings. The van der Waals surface area contributed by atoms with Gasteiger partial charge in [0.15, 0.2) is 0 Å².